The van der Waals surface area contributed by atoms with Crippen molar-refractivity contribution in [3.8, 4) is 0 Å². The van der Waals surface area contributed by atoms with E-state index < -0.39 is 12.0 Å². The molecule has 1 fully saturated rings. The van der Waals surface area contributed by atoms with Crippen LogP contribution >= 0.6 is 0 Å². The van der Waals surface area contributed by atoms with Crippen LogP contribution in [0.15, 0.2) is 0 Å². The summed E-state index contributed by atoms with van der Waals surface area (Å²) in [6.07, 6.45) is 2.84. The Morgan fingerprint density at radius 1 is 1.73 bits per heavy atom. The van der Waals surface area contributed by atoms with Gasteiger partial charge in [0, 0.05) is 12.1 Å². The molecule has 0 radical (unpaired) electrons. The molecular formula is C7H12NNaO2. The van der Waals surface area contributed by atoms with Crippen LogP contribution in [-0.4, -0.2) is 18.1 Å². The summed E-state index contributed by atoms with van der Waals surface area (Å²) in [6.45, 7) is 1.84. The van der Waals surface area contributed by atoms with Gasteiger partial charge in [0.15, 0.2) is 0 Å². The van der Waals surface area contributed by atoms with Crippen LogP contribution in [0, 0.1) is 0 Å². The van der Waals surface area contributed by atoms with Crippen LogP contribution in [0.3, 0.4) is 0 Å². The number of aliphatic carboxylic acids is 1. The third kappa shape index (κ3) is 4.11. The molecule has 0 aromatic heterocycles. The first-order valence-corrected chi connectivity index (χ1v) is 3.71. The maximum Gasteiger partial charge on any atom is 1.00 e. The van der Waals surface area contributed by atoms with Gasteiger partial charge in [0.2, 0.25) is 0 Å². The van der Waals surface area contributed by atoms with E-state index in [9.17, 15) is 9.90 Å². The van der Waals surface area contributed by atoms with Gasteiger partial charge in [-0.25, -0.2) is 0 Å². The molecule has 1 unspecified atom stereocenters. The van der Waals surface area contributed by atoms with Crippen molar-refractivity contribution in [2.45, 2.75) is 38.3 Å². The molecule has 0 aromatic carbocycles. The summed E-state index contributed by atoms with van der Waals surface area (Å²) >= 11 is 0. The summed E-state index contributed by atoms with van der Waals surface area (Å²) in [7, 11) is 0. The van der Waals surface area contributed by atoms with Gasteiger partial charge in [-0.2, -0.15) is 0 Å². The van der Waals surface area contributed by atoms with Gasteiger partial charge in [0.1, 0.15) is 0 Å². The van der Waals surface area contributed by atoms with Gasteiger partial charge in [-0.1, -0.05) is 6.92 Å². The molecule has 0 bridgehead atoms. The minimum absolute atomic E-state index is 0. The van der Waals surface area contributed by atoms with Crippen LogP contribution in [-0.2, 0) is 4.79 Å². The molecule has 1 saturated carbocycles. The molecule has 3 nitrogen and oxygen atoms in total. The van der Waals surface area contributed by atoms with Crippen molar-refractivity contribution >= 4 is 5.97 Å². The molecule has 58 valence electrons. The van der Waals surface area contributed by atoms with E-state index in [1.54, 1.807) is 0 Å². The molecule has 1 aliphatic carbocycles. The Morgan fingerprint density at radius 2 is 2.27 bits per heavy atom. The molecule has 11 heavy (non-hydrogen) atoms. The fourth-order valence-electron chi connectivity index (χ4n) is 0.887. The fourth-order valence-corrected chi connectivity index (χ4v) is 0.887. The summed E-state index contributed by atoms with van der Waals surface area (Å²) in [5.74, 6) is -0.977. The molecule has 0 heterocycles. The van der Waals surface area contributed by atoms with Gasteiger partial charge in [0.25, 0.3) is 0 Å². The monoisotopic (exact) mass is 165 g/mol. The van der Waals surface area contributed by atoms with Crippen LogP contribution in [0.4, 0.5) is 0 Å². The second-order valence-corrected chi connectivity index (χ2v) is 2.72. The molecule has 0 saturated heterocycles. The summed E-state index contributed by atoms with van der Waals surface area (Å²) in [6, 6.07) is 0.00958. The molecule has 0 aromatic rings. The molecule has 1 aliphatic rings. The Kier molecular flexibility index (Phi) is 5.34. The van der Waals surface area contributed by atoms with Crippen molar-refractivity contribution in [3.63, 3.8) is 0 Å². The number of hydrogen-bond donors (Lipinski definition) is 1. The van der Waals surface area contributed by atoms with E-state index in [1.807, 2.05) is 6.92 Å². The molecule has 1 N–H and O–H groups in total. The average molecular weight is 165 g/mol. The van der Waals surface area contributed by atoms with Crippen LogP contribution in [0.2, 0.25) is 0 Å². The van der Waals surface area contributed by atoms with E-state index in [0.29, 0.717) is 12.5 Å². The van der Waals surface area contributed by atoms with Crippen molar-refractivity contribution in [2.75, 3.05) is 0 Å². The van der Waals surface area contributed by atoms with Crippen LogP contribution in [0.1, 0.15) is 26.2 Å². The first-order valence-electron chi connectivity index (χ1n) is 3.71. The van der Waals surface area contributed by atoms with Crippen LogP contribution in [0.5, 0.6) is 0 Å². The molecular weight excluding hydrogens is 153 g/mol. The molecule has 0 aliphatic heterocycles. The number of nitrogens with one attached hydrogen (secondary N) is 1. The van der Waals surface area contributed by atoms with Crippen molar-refractivity contribution < 1.29 is 39.5 Å². The first-order chi connectivity index (χ1) is 4.74. The summed E-state index contributed by atoms with van der Waals surface area (Å²) in [5.41, 5.74) is 0. The maximum atomic E-state index is 10.3. The normalized spacial score (nSPS) is 18.6. The number of rotatable bonds is 4. The number of carboxylic acid groups (broad SMARTS) is 1. The molecule has 0 spiro atoms. The minimum atomic E-state index is -0.977. The zero-order valence-electron chi connectivity index (χ0n) is 7.09. The Labute approximate surface area is 88.8 Å². The third-order valence-corrected chi connectivity index (χ3v) is 1.71. The van der Waals surface area contributed by atoms with E-state index >= 15 is 0 Å². The van der Waals surface area contributed by atoms with E-state index in [-0.39, 0.29) is 29.6 Å². The standard InChI is InChI=1S/C7H13NO2.Na/c1-2-6(7(9)10)8-5-3-4-5;/h5-6,8H,2-4H2,1H3,(H,9,10);/q;+1/p-1. The first kappa shape index (κ1) is 11.4. The van der Waals surface area contributed by atoms with E-state index in [0.717, 1.165) is 12.8 Å². The topological polar surface area (TPSA) is 52.2 Å². The van der Waals surface area contributed by atoms with E-state index in [4.69, 9.17) is 0 Å². The predicted octanol–water partition coefficient (Wildman–Crippen LogP) is -3.73. The summed E-state index contributed by atoms with van der Waals surface area (Å²) in [5, 5.41) is 13.3. The molecule has 1 atom stereocenters. The number of hydrogen-bond acceptors (Lipinski definition) is 3. The molecule has 0 amide bonds. The third-order valence-electron chi connectivity index (χ3n) is 1.71. The maximum absolute atomic E-state index is 10.3. The number of carbonyl (C=O) groups is 1. The van der Waals surface area contributed by atoms with Crippen LogP contribution < -0.4 is 40.0 Å². The smallest absolute Gasteiger partial charge is 0.548 e. The van der Waals surface area contributed by atoms with Crippen molar-refractivity contribution in [2.24, 2.45) is 0 Å². The minimum Gasteiger partial charge on any atom is -0.548 e. The Balaban J connectivity index is 0.000001000. The van der Waals surface area contributed by atoms with Gasteiger partial charge < -0.3 is 15.2 Å². The predicted molar refractivity (Wildman–Crippen MR) is 35.2 cm³/mol. The SMILES string of the molecule is CCC(NC1CC1)C(=O)[O-].[Na+]. The Morgan fingerprint density at radius 3 is 2.55 bits per heavy atom. The van der Waals surface area contributed by atoms with Crippen LogP contribution in [0.25, 0.3) is 0 Å². The van der Waals surface area contributed by atoms with E-state index in [1.165, 1.54) is 0 Å². The Hall–Kier alpha value is 0.430. The van der Waals surface area contributed by atoms with Gasteiger partial charge >= 0.3 is 29.6 Å². The van der Waals surface area contributed by atoms with Gasteiger partial charge in [-0.3, -0.25) is 0 Å². The Bertz CT molecular complexity index is 136. The number of carboxylic acids is 1. The number of carbonyl (C=O) groups excluding carboxylic acids is 1. The average Bonchev–Trinajstić information content (AvgIpc) is 2.64. The van der Waals surface area contributed by atoms with Crippen molar-refractivity contribution in [1.82, 2.24) is 5.32 Å². The van der Waals surface area contributed by atoms with Crippen molar-refractivity contribution in [3.05, 3.63) is 0 Å². The second-order valence-electron chi connectivity index (χ2n) is 2.72. The van der Waals surface area contributed by atoms with Crippen molar-refractivity contribution in [1.29, 1.82) is 0 Å². The summed E-state index contributed by atoms with van der Waals surface area (Å²) in [4.78, 5) is 10.3. The fraction of sp³-hybridized carbons (Fsp3) is 0.857. The van der Waals surface area contributed by atoms with Gasteiger partial charge in [-0.15, -0.1) is 0 Å². The quantitative estimate of drug-likeness (QED) is 0.436. The zero-order chi connectivity index (χ0) is 7.56. The largest absolute Gasteiger partial charge is 1.00 e. The second kappa shape index (κ2) is 5.14. The van der Waals surface area contributed by atoms with E-state index in [2.05, 4.69) is 5.32 Å². The van der Waals surface area contributed by atoms with Gasteiger partial charge in [0.05, 0.1) is 5.97 Å². The zero-order valence-corrected chi connectivity index (χ0v) is 9.09. The molecule has 1 rings (SSSR count). The summed E-state index contributed by atoms with van der Waals surface area (Å²) < 4.78 is 0. The molecule has 4 heteroatoms. The van der Waals surface area contributed by atoms with Gasteiger partial charge in [-0.05, 0) is 19.3 Å².